The van der Waals surface area contributed by atoms with Gasteiger partial charge in [-0.15, -0.1) is 23.7 Å². The number of nitrogens with one attached hydrogen (secondary N) is 1. The SMILES string of the molecule is Cl.O=C(Nc1ccccc1)c1cc2c(N3CCN(CCc4ccccc4)CC3)cccc2s1. The summed E-state index contributed by atoms with van der Waals surface area (Å²) in [5, 5.41) is 4.18. The van der Waals surface area contributed by atoms with Gasteiger partial charge in [0.25, 0.3) is 5.91 Å². The third-order valence-corrected chi connectivity index (χ3v) is 7.17. The highest BCUT2D eigenvalue weighted by atomic mass is 35.5. The van der Waals surface area contributed by atoms with Crippen molar-refractivity contribution in [3.8, 4) is 0 Å². The second-order valence-electron chi connectivity index (χ2n) is 8.18. The highest BCUT2D eigenvalue weighted by molar-refractivity contribution is 7.21. The maximum atomic E-state index is 12.8. The molecule has 0 spiro atoms. The van der Waals surface area contributed by atoms with E-state index in [4.69, 9.17) is 0 Å². The van der Waals surface area contributed by atoms with E-state index in [9.17, 15) is 4.79 Å². The fraction of sp³-hybridized carbons (Fsp3) is 0.222. The molecule has 1 aliphatic heterocycles. The lowest BCUT2D eigenvalue weighted by Crippen LogP contribution is -2.47. The van der Waals surface area contributed by atoms with Crippen molar-refractivity contribution in [3.63, 3.8) is 0 Å². The summed E-state index contributed by atoms with van der Waals surface area (Å²) in [5.74, 6) is -0.0471. The van der Waals surface area contributed by atoms with Crippen molar-refractivity contribution in [2.75, 3.05) is 42.9 Å². The van der Waals surface area contributed by atoms with Crippen LogP contribution in [0.5, 0.6) is 0 Å². The molecule has 1 amide bonds. The number of hydrogen-bond donors (Lipinski definition) is 1. The Morgan fingerprint density at radius 1 is 0.848 bits per heavy atom. The van der Waals surface area contributed by atoms with E-state index in [0.29, 0.717) is 0 Å². The molecule has 5 rings (SSSR count). The van der Waals surface area contributed by atoms with Gasteiger partial charge in [-0.3, -0.25) is 9.69 Å². The standard InChI is InChI=1S/C27H27N3OS.ClH/c31-27(28-22-10-5-2-6-11-22)26-20-23-24(12-7-13-25(23)32-26)30-18-16-29(17-19-30)15-14-21-8-3-1-4-9-21;/h1-13,20H,14-19H2,(H,28,31);1H. The molecule has 0 radical (unpaired) electrons. The zero-order chi connectivity index (χ0) is 21.8. The summed E-state index contributed by atoms with van der Waals surface area (Å²) in [7, 11) is 0. The van der Waals surface area contributed by atoms with Crippen molar-refractivity contribution in [1.29, 1.82) is 0 Å². The average Bonchev–Trinajstić information content (AvgIpc) is 3.29. The summed E-state index contributed by atoms with van der Waals surface area (Å²) < 4.78 is 1.16. The van der Waals surface area contributed by atoms with Gasteiger partial charge in [-0.2, -0.15) is 0 Å². The number of halogens is 1. The highest BCUT2D eigenvalue weighted by Crippen LogP contribution is 2.34. The smallest absolute Gasteiger partial charge is 0.265 e. The van der Waals surface area contributed by atoms with Crippen molar-refractivity contribution in [1.82, 2.24) is 4.90 Å². The lowest BCUT2D eigenvalue weighted by atomic mass is 10.1. The summed E-state index contributed by atoms with van der Waals surface area (Å²) in [5.41, 5.74) is 3.46. The van der Waals surface area contributed by atoms with Crippen LogP contribution in [0.15, 0.2) is 84.9 Å². The molecule has 0 bridgehead atoms. The van der Waals surface area contributed by atoms with E-state index in [2.05, 4.69) is 69.7 Å². The first-order chi connectivity index (χ1) is 15.8. The van der Waals surface area contributed by atoms with Gasteiger partial charge in [0.05, 0.1) is 4.88 Å². The number of anilines is 2. The molecule has 170 valence electrons. The van der Waals surface area contributed by atoms with E-state index < -0.39 is 0 Å². The molecule has 6 heteroatoms. The van der Waals surface area contributed by atoms with E-state index in [1.165, 1.54) is 16.6 Å². The number of para-hydroxylation sites is 1. The van der Waals surface area contributed by atoms with Crippen LogP contribution in [0.25, 0.3) is 10.1 Å². The Labute approximate surface area is 205 Å². The zero-order valence-corrected chi connectivity index (χ0v) is 20.1. The number of fused-ring (bicyclic) bond motifs is 1. The fourth-order valence-corrected chi connectivity index (χ4v) is 5.27. The molecule has 3 aromatic carbocycles. The number of rotatable bonds is 6. The molecular weight excluding hydrogens is 450 g/mol. The number of piperazine rings is 1. The van der Waals surface area contributed by atoms with Crippen molar-refractivity contribution < 1.29 is 4.79 Å². The summed E-state index contributed by atoms with van der Waals surface area (Å²) in [4.78, 5) is 18.5. The Bertz CT molecular complexity index is 1190. The summed E-state index contributed by atoms with van der Waals surface area (Å²) >= 11 is 1.56. The Balaban J connectivity index is 0.00000259. The predicted molar refractivity (Wildman–Crippen MR) is 142 cm³/mol. The van der Waals surface area contributed by atoms with E-state index >= 15 is 0 Å². The van der Waals surface area contributed by atoms with Gasteiger partial charge in [0.1, 0.15) is 0 Å². The minimum absolute atomic E-state index is 0. The second-order valence-corrected chi connectivity index (χ2v) is 9.27. The van der Waals surface area contributed by atoms with Crippen LogP contribution in [0.4, 0.5) is 11.4 Å². The van der Waals surface area contributed by atoms with E-state index in [-0.39, 0.29) is 18.3 Å². The van der Waals surface area contributed by atoms with Crippen LogP contribution in [0.2, 0.25) is 0 Å². The first-order valence-corrected chi connectivity index (χ1v) is 12.0. The van der Waals surface area contributed by atoms with Crippen molar-refractivity contribution >= 4 is 51.1 Å². The minimum Gasteiger partial charge on any atom is -0.368 e. The van der Waals surface area contributed by atoms with Crippen LogP contribution in [-0.4, -0.2) is 43.5 Å². The van der Waals surface area contributed by atoms with Crippen LogP contribution in [0, 0.1) is 0 Å². The molecule has 0 atom stereocenters. The number of thiophene rings is 1. The second kappa shape index (κ2) is 10.8. The maximum Gasteiger partial charge on any atom is 0.265 e. The van der Waals surface area contributed by atoms with Crippen LogP contribution in [0.3, 0.4) is 0 Å². The number of benzene rings is 3. The highest BCUT2D eigenvalue weighted by Gasteiger charge is 2.20. The van der Waals surface area contributed by atoms with Gasteiger partial charge in [0.2, 0.25) is 0 Å². The van der Waals surface area contributed by atoms with Crippen molar-refractivity contribution in [3.05, 3.63) is 95.4 Å². The third kappa shape index (κ3) is 5.56. The molecule has 2 heterocycles. The third-order valence-electron chi connectivity index (χ3n) is 6.07. The van der Waals surface area contributed by atoms with Crippen molar-refractivity contribution in [2.24, 2.45) is 0 Å². The molecule has 1 fully saturated rings. The zero-order valence-electron chi connectivity index (χ0n) is 18.4. The number of carbonyl (C=O) groups excluding carboxylic acids is 1. The molecule has 1 N–H and O–H groups in total. The van der Waals surface area contributed by atoms with Crippen LogP contribution >= 0.6 is 23.7 Å². The minimum atomic E-state index is -0.0471. The van der Waals surface area contributed by atoms with Crippen LogP contribution in [-0.2, 0) is 6.42 Å². The lowest BCUT2D eigenvalue weighted by Gasteiger charge is -2.36. The molecular formula is C27H28ClN3OS. The molecule has 1 aliphatic rings. The Kier molecular flexibility index (Phi) is 7.65. The van der Waals surface area contributed by atoms with Gasteiger partial charge < -0.3 is 10.2 Å². The lowest BCUT2D eigenvalue weighted by molar-refractivity contribution is 0.103. The Morgan fingerprint density at radius 2 is 1.55 bits per heavy atom. The first kappa shape index (κ1) is 23.3. The summed E-state index contributed by atoms with van der Waals surface area (Å²) in [6.45, 7) is 5.25. The molecule has 4 nitrogen and oxygen atoms in total. The van der Waals surface area contributed by atoms with Crippen molar-refractivity contribution in [2.45, 2.75) is 6.42 Å². The Morgan fingerprint density at radius 3 is 2.27 bits per heavy atom. The summed E-state index contributed by atoms with van der Waals surface area (Å²) in [6.07, 6.45) is 1.10. The monoisotopic (exact) mass is 477 g/mol. The van der Waals surface area contributed by atoms with Gasteiger partial charge in [0.15, 0.2) is 0 Å². The Hall–Kier alpha value is -2.86. The van der Waals surface area contributed by atoms with E-state index in [0.717, 1.165) is 54.4 Å². The summed E-state index contributed by atoms with van der Waals surface area (Å²) in [6, 6.07) is 28.8. The van der Waals surface area contributed by atoms with Crippen LogP contribution in [0.1, 0.15) is 15.2 Å². The molecule has 33 heavy (non-hydrogen) atoms. The number of amides is 1. The predicted octanol–water partition coefficient (Wildman–Crippen LogP) is 5.94. The number of carbonyl (C=O) groups is 1. The van der Waals surface area contributed by atoms with E-state index in [1.807, 2.05) is 30.3 Å². The molecule has 0 saturated carbocycles. The quantitative estimate of drug-likeness (QED) is 0.373. The average molecular weight is 478 g/mol. The molecule has 4 aromatic rings. The van der Waals surface area contributed by atoms with Gasteiger partial charge >= 0.3 is 0 Å². The van der Waals surface area contributed by atoms with Gasteiger partial charge in [-0.25, -0.2) is 0 Å². The van der Waals surface area contributed by atoms with Gasteiger partial charge in [-0.05, 0) is 42.3 Å². The van der Waals surface area contributed by atoms with Gasteiger partial charge in [-0.1, -0.05) is 54.6 Å². The molecule has 1 saturated heterocycles. The molecule has 0 aliphatic carbocycles. The largest absolute Gasteiger partial charge is 0.368 e. The fourth-order valence-electron chi connectivity index (χ4n) is 4.29. The van der Waals surface area contributed by atoms with Gasteiger partial charge in [0, 0.05) is 54.2 Å². The van der Waals surface area contributed by atoms with E-state index in [1.54, 1.807) is 11.3 Å². The normalized spacial score (nSPS) is 14.1. The molecule has 0 unspecified atom stereocenters. The number of hydrogen-bond acceptors (Lipinski definition) is 4. The topological polar surface area (TPSA) is 35.6 Å². The first-order valence-electron chi connectivity index (χ1n) is 11.2. The molecule has 1 aromatic heterocycles. The number of nitrogens with zero attached hydrogens (tertiary/aromatic N) is 2. The maximum absolute atomic E-state index is 12.8. The van der Waals surface area contributed by atoms with Crippen LogP contribution < -0.4 is 10.2 Å².